The summed E-state index contributed by atoms with van der Waals surface area (Å²) in [7, 11) is 0. The number of carbonyl (C=O) groups excluding carboxylic acids is 1. The summed E-state index contributed by atoms with van der Waals surface area (Å²) in [5.41, 5.74) is 1.12. The van der Waals surface area contributed by atoms with Gasteiger partial charge in [0.15, 0.2) is 5.65 Å². The minimum atomic E-state index is -4.45. The molecule has 1 aromatic carbocycles. The van der Waals surface area contributed by atoms with Crippen LogP contribution < -0.4 is 5.32 Å². The number of carbonyl (C=O) groups is 1. The van der Waals surface area contributed by atoms with Crippen LogP contribution in [0, 0.1) is 18.3 Å². The van der Waals surface area contributed by atoms with Crippen LogP contribution >= 0.6 is 0 Å². The summed E-state index contributed by atoms with van der Waals surface area (Å²) in [6.45, 7) is 1.87. The molecule has 0 fully saturated rings. The van der Waals surface area contributed by atoms with E-state index in [1.165, 1.54) is 23.0 Å². The lowest BCUT2D eigenvalue weighted by Crippen LogP contribution is -2.26. The Hall–Kier alpha value is -3.41. The number of benzene rings is 1. The van der Waals surface area contributed by atoms with Crippen LogP contribution in [0.1, 0.15) is 28.0 Å². The number of rotatable bonds is 4. The van der Waals surface area contributed by atoms with Crippen molar-refractivity contribution >= 4 is 11.6 Å². The fourth-order valence-electron chi connectivity index (χ4n) is 2.66. The summed E-state index contributed by atoms with van der Waals surface area (Å²) in [5, 5.41) is 15.3. The van der Waals surface area contributed by atoms with Gasteiger partial charge in [0.1, 0.15) is 0 Å². The molecule has 138 valence electrons. The highest BCUT2D eigenvalue weighted by atomic mass is 19.4. The van der Waals surface area contributed by atoms with E-state index in [-0.39, 0.29) is 18.5 Å². The van der Waals surface area contributed by atoms with Gasteiger partial charge in [0.2, 0.25) is 0 Å². The number of halogens is 3. The molecule has 9 heteroatoms. The molecule has 27 heavy (non-hydrogen) atoms. The predicted molar refractivity (Wildman–Crippen MR) is 90.7 cm³/mol. The SMILES string of the molecule is Cc1c(C(=O)NCCC#N)cnc2c(-c3cccc(C(F)(F)F)c3)cnn12. The second kappa shape index (κ2) is 7.07. The minimum absolute atomic E-state index is 0.182. The van der Waals surface area contributed by atoms with Crippen molar-refractivity contribution in [1.82, 2.24) is 19.9 Å². The first-order valence-electron chi connectivity index (χ1n) is 7.99. The van der Waals surface area contributed by atoms with E-state index in [9.17, 15) is 18.0 Å². The molecule has 0 saturated heterocycles. The average molecular weight is 373 g/mol. The van der Waals surface area contributed by atoms with Gasteiger partial charge in [-0.25, -0.2) is 9.50 Å². The lowest BCUT2D eigenvalue weighted by atomic mass is 10.1. The Morgan fingerprint density at radius 1 is 1.33 bits per heavy atom. The normalized spacial score (nSPS) is 11.4. The monoisotopic (exact) mass is 373 g/mol. The van der Waals surface area contributed by atoms with E-state index in [0.29, 0.717) is 22.5 Å². The average Bonchev–Trinajstić information content (AvgIpc) is 3.06. The van der Waals surface area contributed by atoms with Crippen molar-refractivity contribution in [3.63, 3.8) is 0 Å². The summed E-state index contributed by atoms with van der Waals surface area (Å²) >= 11 is 0. The first kappa shape index (κ1) is 18.4. The van der Waals surface area contributed by atoms with Gasteiger partial charge in [0.05, 0.1) is 35.5 Å². The number of alkyl halides is 3. The number of hydrogen-bond donors (Lipinski definition) is 1. The number of aryl methyl sites for hydroxylation is 1. The Balaban J connectivity index is 2.00. The van der Waals surface area contributed by atoms with E-state index in [4.69, 9.17) is 5.26 Å². The van der Waals surface area contributed by atoms with E-state index >= 15 is 0 Å². The zero-order valence-corrected chi connectivity index (χ0v) is 14.2. The summed E-state index contributed by atoms with van der Waals surface area (Å²) in [6.07, 6.45) is -1.49. The number of nitrogens with zero attached hydrogens (tertiary/aromatic N) is 4. The maximum Gasteiger partial charge on any atom is 0.416 e. The van der Waals surface area contributed by atoms with Crippen molar-refractivity contribution < 1.29 is 18.0 Å². The molecular formula is C18H14F3N5O. The third kappa shape index (κ3) is 3.60. The zero-order chi connectivity index (χ0) is 19.6. The summed E-state index contributed by atoms with van der Waals surface area (Å²) in [5.74, 6) is -0.395. The van der Waals surface area contributed by atoms with E-state index in [2.05, 4.69) is 15.4 Å². The van der Waals surface area contributed by atoms with Crippen molar-refractivity contribution in [1.29, 1.82) is 5.26 Å². The van der Waals surface area contributed by atoms with Crippen LogP contribution in [-0.2, 0) is 6.18 Å². The van der Waals surface area contributed by atoms with Gasteiger partial charge in [-0.05, 0) is 24.6 Å². The van der Waals surface area contributed by atoms with E-state index < -0.39 is 17.6 Å². The summed E-state index contributed by atoms with van der Waals surface area (Å²) < 4.78 is 40.3. The van der Waals surface area contributed by atoms with Gasteiger partial charge in [-0.2, -0.15) is 23.5 Å². The molecule has 6 nitrogen and oxygen atoms in total. The molecule has 1 N–H and O–H groups in total. The van der Waals surface area contributed by atoms with Gasteiger partial charge in [-0.1, -0.05) is 12.1 Å². The molecule has 0 unspecified atom stereocenters. The summed E-state index contributed by atoms with van der Waals surface area (Å²) in [4.78, 5) is 16.4. The van der Waals surface area contributed by atoms with Crippen molar-refractivity contribution in [3.05, 3.63) is 53.5 Å². The predicted octanol–water partition coefficient (Wildman–Crippen LogP) is 3.37. The molecule has 0 radical (unpaired) electrons. The Bertz CT molecular complexity index is 1050. The molecule has 0 spiro atoms. The van der Waals surface area contributed by atoms with Crippen molar-refractivity contribution in [2.75, 3.05) is 6.54 Å². The molecule has 0 saturated carbocycles. The van der Waals surface area contributed by atoms with Gasteiger partial charge < -0.3 is 5.32 Å². The summed E-state index contributed by atoms with van der Waals surface area (Å²) in [6, 6.07) is 6.84. The highest BCUT2D eigenvalue weighted by Gasteiger charge is 2.30. The van der Waals surface area contributed by atoms with Gasteiger partial charge in [0.25, 0.3) is 5.91 Å². The maximum absolute atomic E-state index is 13.0. The van der Waals surface area contributed by atoms with Crippen molar-refractivity contribution in [2.24, 2.45) is 0 Å². The molecule has 3 rings (SSSR count). The number of nitrogens with one attached hydrogen (secondary N) is 1. The standard InChI is InChI=1S/C18H14F3N5O/c1-11-14(17(27)23-7-3-6-22)9-24-16-15(10-25-26(11)16)12-4-2-5-13(8-12)18(19,20)21/h2,4-5,8-10H,3,7H2,1H3,(H,23,27). The third-order valence-electron chi connectivity index (χ3n) is 4.04. The lowest BCUT2D eigenvalue weighted by Gasteiger charge is -2.09. The highest BCUT2D eigenvalue weighted by Crippen LogP contribution is 2.33. The third-order valence-corrected chi connectivity index (χ3v) is 4.04. The molecule has 0 aliphatic rings. The largest absolute Gasteiger partial charge is 0.416 e. The second-order valence-electron chi connectivity index (χ2n) is 5.79. The quantitative estimate of drug-likeness (QED) is 0.711. The van der Waals surface area contributed by atoms with Crippen LogP contribution in [0.5, 0.6) is 0 Å². The number of aromatic nitrogens is 3. The second-order valence-corrected chi connectivity index (χ2v) is 5.79. The van der Waals surface area contributed by atoms with E-state index in [0.717, 1.165) is 12.1 Å². The van der Waals surface area contributed by atoms with Crippen LogP contribution in [0.4, 0.5) is 13.2 Å². The molecule has 0 aliphatic carbocycles. The Morgan fingerprint density at radius 2 is 2.11 bits per heavy atom. The smallest absolute Gasteiger partial charge is 0.351 e. The van der Waals surface area contributed by atoms with Crippen LogP contribution in [0.3, 0.4) is 0 Å². The van der Waals surface area contributed by atoms with Gasteiger partial charge >= 0.3 is 6.18 Å². The maximum atomic E-state index is 13.0. The number of nitriles is 1. The number of hydrogen-bond acceptors (Lipinski definition) is 4. The fourth-order valence-corrected chi connectivity index (χ4v) is 2.66. The minimum Gasteiger partial charge on any atom is -0.351 e. The van der Waals surface area contributed by atoms with Crippen LogP contribution in [0.2, 0.25) is 0 Å². The van der Waals surface area contributed by atoms with Gasteiger partial charge in [0, 0.05) is 18.3 Å². The molecule has 1 amide bonds. The Morgan fingerprint density at radius 3 is 2.81 bits per heavy atom. The van der Waals surface area contributed by atoms with E-state index in [1.807, 2.05) is 6.07 Å². The number of fused-ring (bicyclic) bond motifs is 1. The first-order valence-corrected chi connectivity index (χ1v) is 7.99. The van der Waals surface area contributed by atoms with Crippen molar-refractivity contribution in [3.8, 4) is 17.2 Å². The zero-order valence-electron chi connectivity index (χ0n) is 14.2. The molecule has 3 aromatic rings. The first-order chi connectivity index (χ1) is 12.8. The molecule has 2 heterocycles. The van der Waals surface area contributed by atoms with Crippen molar-refractivity contribution in [2.45, 2.75) is 19.5 Å². The molecular weight excluding hydrogens is 359 g/mol. The van der Waals surface area contributed by atoms with Crippen LogP contribution in [0.25, 0.3) is 16.8 Å². The molecule has 2 aromatic heterocycles. The Labute approximate surface area is 152 Å². The van der Waals surface area contributed by atoms with Crippen LogP contribution in [0.15, 0.2) is 36.7 Å². The highest BCUT2D eigenvalue weighted by molar-refractivity contribution is 5.95. The van der Waals surface area contributed by atoms with Crippen LogP contribution in [-0.4, -0.2) is 27.0 Å². The lowest BCUT2D eigenvalue weighted by molar-refractivity contribution is -0.137. The van der Waals surface area contributed by atoms with E-state index in [1.54, 1.807) is 13.0 Å². The Kier molecular flexibility index (Phi) is 4.81. The topological polar surface area (TPSA) is 83.1 Å². The van der Waals surface area contributed by atoms with Gasteiger partial charge in [-0.3, -0.25) is 4.79 Å². The number of amides is 1. The molecule has 0 bridgehead atoms. The van der Waals surface area contributed by atoms with Gasteiger partial charge in [-0.15, -0.1) is 0 Å². The molecule has 0 aliphatic heterocycles. The fraction of sp³-hybridized carbons (Fsp3) is 0.222. The molecule has 0 atom stereocenters.